The van der Waals surface area contributed by atoms with Crippen molar-refractivity contribution in [2.45, 2.75) is 38.6 Å². The quantitative estimate of drug-likeness (QED) is 0.441. The molecule has 1 aromatic rings. The van der Waals surface area contributed by atoms with Crippen LogP contribution in [0.1, 0.15) is 42.5 Å². The highest BCUT2D eigenvalue weighted by Crippen LogP contribution is 2.24. The first-order chi connectivity index (χ1) is 12.6. The van der Waals surface area contributed by atoms with Crippen LogP contribution in [0.5, 0.6) is 0 Å². The summed E-state index contributed by atoms with van der Waals surface area (Å²) in [5, 5.41) is 12.6. The Morgan fingerprint density at radius 2 is 1.92 bits per heavy atom. The summed E-state index contributed by atoms with van der Waals surface area (Å²) in [6, 6.07) is 8.60. The van der Waals surface area contributed by atoms with E-state index < -0.39 is 0 Å². The summed E-state index contributed by atoms with van der Waals surface area (Å²) in [7, 11) is 0. The molecule has 0 saturated carbocycles. The predicted octanol–water partition coefficient (Wildman–Crippen LogP) is 3.82. The second-order valence-electron chi connectivity index (χ2n) is 6.58. The van der Waals surface area contributed by atoms with Gasteiger partial charge < -0.3 is 10.2 Å². The lowest BCUT2D eigenvalue weighted by Gasteiger charge is -2.21. The number of rotatable bonds is 8. The number of nitriles is 1. The van der Waals surface area contributed by atoms with Crippen molar-refractivity contribution < 1.29 is 4.79 Å². The van der Waals surface area contributed by atoms with Gasteiger partial charge in [-0.25, -0.2) is 0 Å². The van der Waals surface area contributed by atoms with Gasteiger partial charge in [0.1, 0.15) is 11.6 Å². The lowest BCUT2D eigenvalue weighted by molar-refractivity contribution is -0.125. The van der Waals surface area contributed by atoms with Gasteiger partial charge in [-0.1, -0.05) is 30.4 Å². The van der Waals surface area contributed by atoms with Crippen LogP contribution in [-0.2, 0) is 17.6 Å². The summed E-state index contributed by atoms with van der Waals surface area (Å²) in [5.41, 5.74) is 4.12. The van der Waals surface area contributed by atoms with Crippen molar-refractivity contribution in [1.29, 1.82) is 5.26 Å². The first-order valence-electron chi connectivity index (χ1n) is 9.09. The summed E-state index contributed by atoms with van der Waals surface area (Å²) in [6.45, 7) is 10.1. The van der Waals surface area contributed by atoms with Crippen molar-refractivity contribution in [2.24, 2.45) is 0 Å². The molecule has 4 heteroatoms. The zero-order valence-electron chi connectivity index (χ0n) is 15.5. The van der Waals surface area contributed by atoms with E-state index in [0.29, 0.717) is 13.1 Å². The number of nitrogens with zero attached hydrogens (tertiary/aromatic N) is 2. The molecule has 0 fully saturated rings. The molecule has 0 aromatic heterocycles. The lowest BCUT2D eigenvalue weighted by atomic mass is 9.89. The van der Waals surface area contributed by atoms with E-state index in [2.05, 4.69) is 36.7 Å². The van der Waals surface area contributed by atoms with Gasteiger partial charge in [0.25, 0.3) is 5.91 Å². The first-order valence-corrected chi connectivity index (χ1v) is 9.09. The number of hydrogen-bond donors (Lipinski definition) is 1. The van der Waals surface area contributed by atoms with Crippen LogP contribution in [0.2, 0.25) is 0 Å². The smallest absolute Gasteiger partial charge is 0.266 e. The Morgan fingerprint density at radius 3 is 2.54 bits per heavy atom. The van der Waals surface area contributed by atoms with Gasteiger partial charge in [0.15, 0.2) is 0 Å². The van der Waals surface area contributed by atoms with Crippen LogP contribution in [0.15, 0.2) is 55.3 Å². The van der Waals surface area contributed by atoms with Gasteiger partial charge >= 0.3 is 0 Å². The number of carbonyl (C=O) groups excluding carboxylic acids is 1. The van der Waals surface area contributed by atoms with Gasteiger partial charge in [-0.15, -0.1) is 13.2 Å². The van der Waals surface area contributed by atoms with Gasteiger partial charge in [0.05, 0.1) is 0 Å². The molecular formula is C22H27N3O. The van der Waals surface area contributed by atoms with Crippen LogP contribution in [0.3, 0.4) is 0 Å². The maximum Gasteiger partial charge on any atom is 0.266 e. The molecule has 1 unspecified atom stereocenters. The molecule has 0 saturated heterocycles. The van der Waals surface area contributed by atoms with Gasteiger partial charge in [-0.3, -0.25) is 4.79 Å². The average molecular weight is 349 g/mol. The van der Waals surface area contributed by atoms with E-state index in [1.54, 1.807) is 12.2 Å². The van der Waals surface area contributed by atoms with Gasteiger partial charge in [0.2, 0.25) is 0 Å². The Labute approximate surface area is 156 Å². The second-order valence-corrected chi connectivity index (χ2v) is 6.58. The van der Waals surface area contributed by atoms with E-state index in [1.807, 2.05) is 13.0 Å². The van der Waals surface area contributed by atoms with Crippen molar-refractivity contribution in [3.05, 3.63) is 72.0 Å². The fraction of sp³-hybridized carbons (Fsp3) is 0.364. The molecule has 1 aromatic carbocycles. The summed E-state index contributed by atoms with van der Waals surface area (Å²) >= 11 is 0. The van der Waals surface area contributed by atoms with Crippen LogP contribution in [0.25, 0.3) is 0 Å². The number of benzene rings is 1. The third-order valence-electron chi connectivity index (χ3n) is 4.69. The topological polar surface area (TPSA) is 56.1 Å². The van der Waals surface area contributed by atoms with Crippen molar-refractivity contribution in [2.75, 3.05) is 13.1 Å². The molecule has 1 amide bonds. The zero-order chi connectivity index (χ0) is 18.9. The van der Waals surface area contributed by atoms with Gasteiger partial charge in [-0.05, 0) is 49.3 Å². The Hall–Kier alpha value is -2.80. The number of amides is 1. The van der Waals surface area contributed by atoms with Gasteiger partial charge in [-0.2, -0.15) is 5.26 Å². The molecule has 4 nitrogen and oxygen atoms in total. The highest BCUT2D eigenvalue weighted by molar-refractivity contribution is 5.97. The van der Waals surface area contributed by atoms with E-state index in [-0.39, 0.29) is 17.5 Å². The van der Waals surface area contributed by atoms with E-state index in [4.69, 9.17) is 0 Å². The Balaban J connectivity index is 2.10. The fourth-order valence-corrected chi connectivity index (χ4v) is 3.19. The molecule has 1 aliphatic carbocycles. The molecule has 0 bridgehead atoms. The third-order valence-corrected chi connectivity index (χ3v) is 4.69. The number of hydrogen-bond acceptors (Lipinski definition) is 3. The maximum atomic E-state index is 12.5. The monoisotopic (exact) mass is 349 g/mol. The molecule has 0 heterocycles. The lowest BCUT2D eigenvalue weighted by Crippen LogP contribution is -2.32. The Morgan fingerprint density at radius 1 is 1.27 bits per heavy atom. The molecule has 1 atom stereocenters. The molecule has 0 aliphatic heterocycles. The minimum Gasteiger partial charge on any atom is -0.383 e. The zero-order valence-corrected chi connectivity index (χ0v) is 15.5. The van der Waals surface area contributed by atoms with Crippen molar-refractivity contribution in [1.82, 2.24) is 10.2 Å². The third kappa shape index (κ3) is 4.86. The molecule has 2 rings (SSSR count). The molecule has 0 radical (unpaired) electrons. The number of aryl methyl sites for hydroxylation is 2. The van der Waals surface area contributed by atoms with Crippen LogP contribution in [0.4, 0.5) is 0 Å². The summed E-state index contributed by atoms with van der Waals surface area (Å²) < 4.78 is 0. The largest absolute Gasteiger partial charge is 0.383 e. The summed E-state index contributed by atoms with van der Waals surface area (Å²) in [6.07, 6.45) is 9.60. The maximum absolute atomic E-state index is 12.5. The van der Waals surface area contributed by atoms with Gasteiger partial charge in [0, 0.05) is 25.3 Å². The Bertz CT molecular complexity index is 732. The number of carbonyl (C=O) groups is 1. The first kappa shape index (κ1) is 19.5. The predicted molar refractivity (Wildman–Crippen MR) is 105 cm³/mol. The number of fused-ring (bicyclic) bond motifs is 1. The van der Waals surface area contributed by atoms with Crippen molar-refractivity contribution in [3.8, 4) is 6.07 Å². The SMILES string of the molecule is C=CCN(CC=C)C(=O)/C(C#N)=C\NC(C)c1ccc2c(c1)CCCC2. The normalized spacial score (nSPS) is 14.5. The molecule has 136 valence electrons. The summed E-state index contributed by atoms with van der Waals surface area (Å²) in [5.74, 6) is -0.322. The van der Waals surface area contributed by atoms with Crippen LogP contribution < -0.4 is 5.32 Å². The molecule has 1 aliphatic rings. The minimum absolute atomic E-state index is 0.0191. The highest BCUT2D eigenvalue weighted by Gasteiger charge is 2.17. The standard InChI is InChI=1S/C22H27N3O/c1-4-12-25(13-5-2)22(26)21(15-23)16-24-17(3)19-11-10-18-8-6-7-9-20(18)14-19/h4-5,10-11,14,16-17,24H,1-2,6-9,12-13H2,3H3/b21-16-. The highest BCUT2D eigenvalue weighted by atomic mass is 16.2. The summed E-state index contributed by atoms with van der Waals surface area (Å²) in [4.78, 5) is 14.0. The van der Waals surface area contributed by atoms with E-state index in [0.717, 1.165) is 12.8 Å². The van der Waals surface area contributed by atoms with E-state index in [9.17, 15) is 10.1 Å². The van der Waals surface area contributed by atoms with Crippen molar-refractivity contribution >= 4 is 5.91 Å². The number of nitrogens with one attached hydrogen (secondary N) is 1. The molecular weight excluding hydrogens is 322 g/mol. The average Bonchev–Trinajstić information content (AvgIpc) is 2.67. The molecule has 26 heavy (non-hydrogen) atoms. The van der Waals surface area contributed by atoms with Crippen LogP contribution in [0, 0.1) is 11.3 Å². The van der Waals surface area contributed by atoms with E-state index >= 15 is 0 Å². The second kappa shape index (κ2) is 9.62. The van der Waals surface area contributed by atoms with E-state index in [1.165, 1.54) is 40.6 Å². The fourth-order valence-electron chi connectivity index (χ4n) is 3.19. The van der Waals surface area contributed by atoms with Crippen LogP contribution in [-0.4, -0.2) is 23.9 Å². The van der Waals surface area contributed by atoms with Crippen LogP contribution >= 0.6 is 0 Å². The Kier molecular flexibility index (Phi) is 7.23. The molecule has 1 N–H and O–H groups in total. The van der Waals surface area contributed by atoms with Crippen molar-refractivity contribution in [3.63, 3.8) is 0 Å². The minimum atomic E-state index is -0.322. The molecule has 0 spiro atoms.